The predicted octanol–water partition coefficient (Wildman–Crippen LogP) is 1.67. The molecule has 1 aromatic heterocycles. The van der Waals surface area contributed by atoms with Crippen molar-refractivity contribution < 1.29 is 16.8 Å². The second-order valence-electron chi connectivity index (χ2n) is 5.27. The fourth-order valence-corrected chi connectivity index (χ4v) is 5.00. The van der Waals surface area contributed by atoms with Crippen LogP contribution in [0.3, 0.4) is 0 Å². The molecule has 1 aliphatic carbocycles. The second-order valence-corrected chi connectivity index (χ2v) is 9.78. The Kier molecular flexibility index (Phi) is 4.56. The quantitative estimate of drug-likeness (QED) is 0.773. The molecular weight excluding hydrogens is 356 g/mol. The minimum Gasteiger partial charge on any atom is -0.208 e. The summed E-state index contributed by atoms with van der Waals surface area (Å²) in [6.45, 7) is 0.212. The minimum atomic E-state index is -3.67. The molecule has 0 atom stereocenters. The fraction of sp³-hybridized carbons (Fsp3) is 0.286. The van der Waals surface area contributed by atoms with Gasteiger partial charge in [0, 0.05) is 17.5 Å². The highest BCUT2D eigenvalue weighted by atomic mass is 32.2. The highest BCUT2D eigenvalue weighted by molar-refractivity contribution is 7.90. The summed E-state index contributed by atoms with van der Waals surface area (Å²) in [6.07, 6.45) is 1.69. The van der Waals surface area contributed by atoms with Crippen molar-refractivity contribution in [2.75, 3.05) is 0 Å². The number of rotatable bonds is 7. The van der Waals surface area contributed by atoms with Crippen LogP contribution in [0.4, 0.5) is 0 Å². The van der Waals surface area contributed by atoms with Crippen LogP contribution in [0.25, 0.3) is 0 Å². The number of nitrogens with one attached hydrogen (secondary N) is 2. The van der Waals surface area contributed by atoms with Crippen molar-refractivity contribution in [3.8, 4) is 0 Å². The van der Waals surface area contributed by atoms with Gasteiger partial charge in [0.1, 0.15) is 0 Å². The van der Waals surface area contributed by atoms with E-state index in [1.165, 1.54) is 35.6 Å². The molecule has 0 aliphatic heterocycles. The Balaban J connectivity index is 1.72. The topological polar surface area (TPSA) is 92.3 Å². The van der Waals surface area contributed by atoms with Crippen LogP contribution in [0, 0.1) is 0 Å². The lowest BCUT2D eigenvalue weighted by atomic mass is 10.4. The molecule has 0 unspecified atom stereocenters. The molecule has 2 aromatic rings. The van der Waals surface area contributed by atoms with Gasteiger partial charge in [-0.25, -0.2) is 26.3 Å². The Morgan fingerprint density at radius 3 is 2.09 bits per heavy atom. The van der Waals surface area contributed by atoms with E-state index in [0.717, 1.165) is 17.7 Å². The molecular formula is C14H16N2O4S3. The van der Waals surface area contributed by atoms with Gasteiger partial charge in [-0.15, -0.1) is 11.3 Å². The standard InChI is InChI=1S/C14H16N2O4S3/c17-22(18,15-10-12-2-1-9-21-12)13-5-7-14(8-6-13)23(19,20)16-11-3-4-11/h1-2,5-9,11,15-16H,3-4,10H2. The zero-order chi connectivity index (χ0) is 16.5. The van der Waals surface area contributed by atoms with E-state index in [0.29, 0.717) is 0 Å². The fourth-order valence-electron chi connectivity index (χ4n) is 1.95. The van der Waals surface area contributed by atoms with Gasteiger partial charge in [-0.2, -0.15) is 0 Å². The van der Waals surface area contributed by atoms with Crippen molar-refractivity contribution >= 4 is 31.4 Å². The minimum absolute atomic E-state index is 0.0101. The maximum Gasteiger partial charge on any atom is 0.240 e. The number of sulfonamides is 2. The number of thiophene rings is 1. The zero-order valence-electron chi connectivity index (χ0n) is 12.1. The first-order chi connectivity index (χ1) is 10.9. The van der Waals surface area contributed by atoms with E-state index >= 15 is 0 Å². The van der Waals surface area contributed by atoms with Crippen LogP contribution in [0.15, 0.2) is 51.6 Å². The van der Waals surface area contributed by atoms with E-state index in [-0.39, 0.29) is 22.4 Å². The second kappa shape index (κ2) is 6.33. The first-order valence-corrected chi connectivity index (χ1v) is 10.9. The van der Waals surface area contributed by atoms with Crippen molar-refractivity contribution in [2.45, 2.75) is 35.2 Å². The molecule has 9 heteroatoms. The maximum absolute atomic E-state index is 12.2. The van der Waals surface area contributed by atoms with Gasteiger partial charge in [0.05, 0.1) is 9.79 Å². The summed E-state index contributed by atoms with van der Waals surface area (Å²) in [5, 5.41) is 1.87. The van der Waals surface area contributed by atoms with Gasteiger partial charge in [-0.3, -0.25) is 0 Å². The summed E-state index contributed by atoms with van der Waals surface area (Å²) in [7, 11) is -7.24. The van der Waals surface area contributed by atoms with Gasteiger partial charge in [0.2, 0.25) is 20.0 Å². The van der Waals surface area contributed by atoms with E-state index in [2.05, 4.69) is 9.44 Å². The molecule has 1 saturated carbocycles. The van der Waals surface area contributed by atoms with E-state index in [4.69, 9.17) is 0 Å². The van der Waals surface area contributed by atoms with Crippen molar-refractivity contribution in [1.82, 2.24) is 9.44 Å². The predicted molar refractivity (Wildman–Crippen MR) is 88.1 cm³/mol. The summed E-state index contributed by atoms with van der Waals surface area (Å²) < 4.78 is 53.6. The van der Waals surface area contributed by atoms with Gasteiger partial charge in [0.15, 0.2) is 0 Å². The molecule has 3 rings (SSSR count). The van der Waals surface area contributed by atoms with Crippen LogP contribution >= 0.6 is 11.3 Å². The third kappa shape index (κ3) is 4.18. The third-order valence-corrected chi connectivity index (χ3v) is 7.19. The Labute approximate surface area is 139 Å². The Morgan fingerprint density at radius 2 is 1.57 bits per heavy atom. The first kappa shape index (κ1) is 16.6. The largest absolute Gasteiger partial charge is 0.240 e. The molecule has 124 valence electrons. The molecule has 1 aromatic carbocycles. The van der Waals surface area contributed by atoms with Crippen molar-refractivity contribution in [2.24, 2.45) is 0 Å². The molecule has 23 heavy (non-hydrogen) atoms. The zero-order valence-corrected chi connectivity index (χ0v) is 14.5. The van der Waals surface area contributed by atoms with E-state index in [1.54, 1.807) is 0 Å². The first-order valence-electron chi connectivity index (χ1n) is 7.01. The van der Waals surface area contributed by atoms with Crippen LogP contribution in [0.5, 0.6) is 0 Å². The summed E-state index contributed by atoms with van der Waals surface area (Å²) in [5.41, 5.74) is 0. The van der Waals surface area contributed by atoms with Gasteiger partial charge in [-0.1, -0.05) is 6.07 Å². The van der Waals surface area contributed by atoms with Gasteiger partial charge in [0.25, 0.3) is 0 Å². The molecule has 1 heterocycles. The molecule has 0 amide bonds. The van der Waals surface area contributed by atoms with Gasteiger partial charge < -0.3 is 0 Å². The molecule has 0 bridgehead atoms. The van der Waals surface area contributed by atoms with E-state index < -0.39 is 20.0 Å². The highest BCUT2D eigenvalue weighted by Crippen LogP contribution is 2.22. The van der Waals surface area contributed by atoms with Crippen molar-refractivity contribution in [3.63, 3.8) is 0 Å². The van der Waals surface area contributed by atoms with Crippen molar-refractivity contribution in [1.29, 1.82) is 0 Å². The lowest BCUT2D eigenvalue weighted by molar-refractivity contribution is 0.577. The highest BCUT2D eigenvalue weighted by Gasteiger charge is 2.28. The third-order valence-electron chi connectivity index (χ3n) is 3.36. The molecule has 6 nitrogen and oxygen atoms in total. The summed E-state index contributed by atoms with van der Waals surface area (Å²) in [5.74, 6) is 0. The van der Waals surface area contributed by atoms with Gasteiger partial charge in [-0.05, 0) is 48.6 Å². The molecule has 2 N–H and O–H groups in total. The Bertz CT molecular complexity index is 869. The monoisotopic (exact) mass is 372 g/mol. The number of hydrogen-bond acceptors (Lipinski definition) is 5. The van der Waals surface area contributed by atoms with E-state index in [9.17, 15) is 16.8 Å². The number of benzene rings is 1. The molecule has 0 spiro atoms. The normalized spacial score (nSPS) is 15.7. The van der Waals surface area contributed by atoms with Crippen LogP contribution < -0.4 is 9.44 Å². The van der Waals surface area contributed by atoms with Crippen LogP contribution in [0.2, 0.25) is 0 Å². The summed E-state index contributed by atoms with van der Waals surface area (Å²) >= 11 is 1.46. The summed E-state index contributed by atoms with van der Waals surface area (Å²) in [4.78, 5) is 1.02. The SMILES string of the molecule is O=S(=O)(NCc1cccs1)c1ccc(S(=O)(=O)NC2CC2)cc1. The van der Waals surface area contributed by atoms with Crippen LogP contribution in [0.1, 0.15) is 17.7 Å². The summed E-state index contributed by atoms with van der Waals surface area (Å²) in [6, 6.07) is 8.93. The Morgan fingerprint density at radius 1 is 0.957 bits per heavy atom. The van der Waals surface area contributed by atoms with Crippen LogP contribution in [-0.2, 0) is 26.6 Å². The molecule has 1 fully saturated rings. The van der Waals surface area contributed by atoms with Crippen LogP contribution in [-0.4, -0.2) is 22.9 Å². The molecule has 0 saturated heterocycles. The Hall–Kier alpha value is -1.26. The smallest absolute Gasteiger partial charge is 0.208 e. The van der Waals surface area contributed by atoms with E-state index in [1.807, 2.05) is 17.5 Å². The van der Waals surface area contributed by atoms with Gasteiger partial charge >= 0.3 is 0 Å². The average Bonchev–Trinajstić information content (AvgIpc) is 3.16. The average molecular weight is 372 g/mol. The van der Waals surface area contributed by atoms with Crippen molar-refractivity contribution in [3.05, 3.63) is 46.7 Å². The number of hydrogen-bond donors (Lipinski definition) is 2. The molecule has 0 radical (unpaired) electrons. The lowest BCUT2D eigenvalue weighted by Crippen LogP contribution is -2.26. The molecule has 1 aliphatic rings. The maximum atomic E-state index is 12.2. The lowest BCUT2D eigenvalue weighted by Gasteiger charge is -2.08.